The Morgan fingerprint density at radius 3 is 2.25 bits per heavy atom. The van der Waals surface area contributed by atoms with Crippen molar-refractivity contribution < 1.29 is 13.2 Å². The molecule has 0 radical (unpaired) electrons. The lowest BCUT2D eigenvalue weighted by atomic mass is 10.0. The van der Waals surface area contributed by atoms with E-state index in [-0.39, 0.29) is 10.8 Å². The number of rotatable bonds is 6. The van der Waals surface area contributed by atoms with E-state index in [0.29, 0.717) is 17.8 Å². The maximum absolute atomic E-state index is 12.9. The molecule has 32 heavy (non-hydrogen) atoms. The van der Waals surface area contributed by atoms with E-state index in [1.54, 1.807) is 42.5 Å². The highest BCUT2D eigenvalue weighted by Gasteiger charge is 2.16. The fourth-order valence-electron chi connectivity index (χ4n) is 3.72. The largest absolute Gasteiger partial charge is 0.348 e. The number of carbonyl (C=O) groups excluding carboxylic acids is 1. The Morgan fingerprint density at radius 1 is 0.812 bits per heavy atom. The smallest absolute Gasteiger partial charge is 0.261 e. The fourth-order valence-corrected chi connectivity index (χ4v) is 4.96. The lowest BCUT2D eigenvalue weighted by molar-refractivity contribution is 0.0952. The molecule has 0 bridgehead atoms. The van der Waals surface area contributed by atoms with Crippen molar-refractivity contribution in [3.05, 3.63) is 107 Å². The predicted octanol–water partition coefficient (Wildman–Crippen LogP) is 5.19. The van der Waals surface area contributed by atoms with Crippen LogP contribution in [0.5, 0.6) is 0 Å². The monoisotopic (exact) mass is 444 g/mol. The summed E-state index contributed by atoms with van der Waals surface area (Å²) in [6.45, 7) is 4.17. The normalized spacial score (nSPS) is 11.3. The Balaban J connectivity index is 1.58. The van der Waals surface area contributed by atoms with Gasteiger partial charge >= 0.3 is 0 Å². The van der Waals surface area contributed by atoms with Crippen LogP contribution in [0.25, 0.3) is 10.8 Å². The van der Waals surface area contributed by atoms with E-state index in [4.69, 9.17) is 0 Å². The van der Waals surface area contributed by atoms with E-state index >= 15 is 0 Å². The molecule has 0 spiro atoms. The Morgan fingerprint density at radius 2 is 1.53 bits per heavy atom. The van der Waals surface area contributed by atoms with Gasteiger partial charge in [-0.25, -0.2) is 8.42 Å². The van der Waals surface area contributed by atoms with E-state index in [1.807, 2.05) is 56.3 Å². The highest BCUT2D eigenvalue weighted by atomic mass is 32.2. The average molecular weight is 445 g/mol. The van der Waals surface area contributed by atoms with E-state index < -0.39 is 10.0 Å². The zero-order chi connectivity index (χ0) is 22.7. The lowest BCUT2D eigenvalue weighted by Crippen LogP contribution is -2.23. The number of anilines is 1. The molecule has 0 aliphatic carbocycles. The summed E-state index contributed by atoms with van der Waals surface area (Å²) in [6.07, 6.45) is 0. The van der Waals surface area contributed by atoms with Gasteiger partial charge in [-0.15, -0.1) is 0 Å². The molecule has 2 N–H and O–H groups in total. The molecule has 0 atom stereocenters. The van der Waals surface area contributed by atoms with E-state index in [2.05, 4.69) is 10.0 Å². The molecule has 6 heteroatoms. The summed E-state index contributed by atoms with van der Waals surface area (Å²) in [4.78, 5) is 13.0. The topological polar surface area (TPSA) is 75.3 Å². The Labute approximate surface area is 188 Å². The summed E-state index contributed by atoms with van der Waals surface area (Å²) in [5.74, 6) is -0.178. The van der Waals surface area contributed by atoms with Gasteiger partial charge in [0.05, 0.1) is 4.90 Å². The number of aryl methyl sites for hydroxylation is 2. The number of amides is 1. The summed E-state index contributed by atoms with van der Waals surface area (Å²) in [7, 11) is -3.72. The SMILES string of the molecule is Cc1cc(C)cc(S(=O)(=O)Nc2ccc3c(C(=O)NCc4ccccc4)cccc3c2)c1. The molecule has 0 saturated carbocycles. The molecule has 0 fully saturated rings. The minimum absolute atomic E-state index is 0.178. The molecule has 0 aliphatic rings. The highest BCUT2D eigenvalue weighted by Crippen LogP contribution is 2.25. The minimum Gasteiger partial charge on any atom is -0.348 e. The van der Waals surface area contributed by atoms with Gasteiger partial charge in [0.15, 0.2) is 0 Å². The molecule has 0 saturated heterocycles. The second-order valence-corrected chi connectivity index (χ2v) is 9.52. The zero-order valence-corrected chi connectivity index (χ0v) is 18.7. The molecule has 4 aromatic carbocycles. The second kappa shape index (κ2) is 8.85. The number of hydrogen-bond donors (Lipinski definition) is 2. The minimum atomic E-state index is -3.72. The van der Waals surface area contributed by atoms with Crippen LogP contribution in [0, 0.1) is 13.8 Å². The molecular formula is C26H24N2O3S. The summed E-state index contributed by atoms with van der Waals surface area (Å²) in [5.41, 5.74) is 3.77. The van der Waals surface area contributed by atoms with Crippen molar-refractivity contribution in [2.45, 2.75) is 25.3 Å². The van der Waals surface area contributed by atoms with Gasteiger partial charge in [0, 0.05) is 17.8 Å². The van der Waals surface area contributed by atoms with Crippen LogP contribution in [0.15, 0.2) is 89.8 Å². The van der Waals surface area contributed by atoms with Crippen LogP contribution < -0.4 is 10.0 Å². The maximum Gasteiger partial charge on any atom is 0.261 e. The zero-order valence-electron chi connectivity index (χ0n) is 17.9. The van der Waals surface area contributed by atoms with E-state index in [0.717, 1.165) is 27.5 Å². The van der Waals surface area contributed by atoms with Crippen LogP contribution in [0.3, 0.4) is 0 Å². The van der Waals surface area contributed by atoms with Crippen LogP contribution in [0.4, 0.5) is 5.69 Å². The van der Waals surface area contributed by atoms with Crippen molar-refractivity contribution in [3.63, 3.8) is 0 Å². The van der Waals surface area contributed by atoms with Crippen LogP contribution >= 0.6 is 0 Å². The molecular weight excluding hydrogens is 420 g/mol. The van der Waals surface area contributed by atoms with Crippen LogP contribution in [-0.2, 0) is 16.6 Å². The number of hydrogen-bond acceptors (Lipinski definition) is 3. The number of benzene rings is 4. The third kappa shape index (κ3) is 4.81. The van der Waals surface area contributed by atoms with Crippen molar-refractivity contribution in [2.24, 2.45) is 0 Å². The van der Waals surface area contributed by atoms with Gasteiger partial charge in [-0.2, -0.15) is 0 Å². The molecule has 0 heterocycles. The van der Waals surface area contributed by atoms with Crippen molar-refractivity contribution in [1.29, 1.82) is 0 Å². The average Bonchev–Trinajstić information content (AvgIpc) is 2.76. The van der Waals surface area contributed by atoms with Gasteiger partial charge in [-0.1, -0.05) is 54.6 Å². The van der Waals surface area contributed by atoms with Gasteiger partial charge in [0.1, 0.15) is 0 Å². The van der Waals surface area contributed by atoms with Crippen molar-refractivity contribution in [1.82, 2.24) is 5.32 Å². The molecule has 0 aliphatic heterocycles. The third-order valence-corrected chi connectivity index (χ3v) is 6.54. The molecule has 0 aromatic heterocycles. The first-order chi connectivity index (χ1) is 15.3. The Kier molecular flexibility index (Phi) is 5.97. The molecule has 0 unspecified atom stereocenters. The molecule has 5 nitrogen and oxygen atoms in total. The third-order valence-electron chi connectivity index (χ3n) is 5.18. The first-order valence-electron chi connectivity index (χ1n) is 10.3. The summed E-state index contributed by atoms with van der Waals surface area (Å²) in [6, 6.07) is 25.5. The quantitative estimate of drug-likeness (QED) is 0.430. The van der Waals surface area contributed by atoms with Gasteiger partial charge in [0.2, 0.25) is 0 Å². The number of nitrogens with one attached hydrogen (secondary N) is 2. The van der Waals surface area contributed by atoms with E-state index in [9.17, 15) is 13.2 Å². The van der Waals surface area contributed by atoms with Gasteiger partial charge in [-0.3, -0.25) is 9.52 Å². The second-order valence-electron chi connectivity index (χ2n) is 7.84. The Bertz CT molecular complexity index is 1380. The number of carbonyl (C=O) groups is 1. The molecule has 4 rings (SSSR count). The van der Waals surface area contributed by atoms with Crippen LogP contribution in [-0.4, -0.2) is 14.3 Å². The lowest BCUT2D eigenvalue weighted by Gasteiger charge is -2.12. The first-order valence-corrected chi connectivity index (χ1v) is 11.8. The van der Waals surface area contributed by atoms with Crippen molar-refractivity contribution in [2.75, 3.05) is 4.72 Å². The standard InChI is InChI=1S/C26H24N2O3S/c1-18-13-19(2)15-23(14-18)32(30,31)28-22-11-12-24-21(16-22)9-6-10-25(24)26(29)27-17-20-7-4-3-5-8-20/h3-16,28H,17H2,1-2H3,(H,27,29). The fraction of sp³-hybridized carbons (Fsp3) is 0.115. The molecule has 162 valence electrons. The highest BCUT2D eigenvalue weighted by molar-refractivity contribution is 7.92. The summed E-state index contributed by atoms with van der Waals surface area (Å²) >= 11 is 0. The molecule has 1 amide bonds. The first kappa shape index (κ1) is 21.6. The Hall–Kier alpha value is -3.64. The summed E-state index contributed by atoms with van der Waals surface area (Å²) in [5, 5.41) is 4.47. The number of fused-ring (bicyclic) bond motifs is 1. The predicted molar refractivity (Wildman–Crippen MR) is 128 cm³/mol. The van der Waals surface area contributed by atoms with Crippen molar-refractivity contribution >= 4 is 32.4 Å². The van der Waals surface area contributed by atoms with Gasteiger partial charge in [-0.05, 0) is 71.6 Å². The van der Waals surface area contributed by atoms with Crippen LogP contribution in [0.1, 0.15) is 27.0 Å². The van der Waals surface area contributed by atoms with Gasteiger partial charge in [0.25, 0.3) is 15.9 Å². The number of sulfonamides is 1. The van der Waals surface area contributed by atoms with Crippen molar-refractivity contribution in [3.8, 4) is 0 Å². The van der Waals surface area contributed by atoms with Gasteiger partial charge < -0.3 is 5.32 Å². The summed E-state index contributed by atoms with van der Waals surface area (Å²) < 4.78 is 28.4. The molecule has 4 aromatic rings. The van der Waals surface area contributed by atoms with E-state index in [1.165, 1.54) is 0 Å². The van der Waals surface area contributed by atoms with Crippen LogP contribution in [0.2, 0.25) is 0 Å². The maximum atomic E-state index is 12.9.